The van der Waals surface area contributed by atoms with E-state index >= 15 is 0 Å². The molecule has 1 heterocycles. The van der Waals surface area contributed by atoms with E-state index in [2.05, 4.69) is 20.8 Å². The van der Waals surface area contributed by atoms with Crippen LogP contribution in [0.25, 0.3) is 11.0 Å². The van der Waals surface area contributed by atoms with Crippen LogP contribution in [-0.2, 0) is 5.75 Å². The number of benzene rings is 3. The maximum Gasteiger partial charge on any atom is 0.269 e. The number of aromatic nitrogens is 2. The molecule has 156 valence electrons. The van der Waals surface area contributed by atoms with E-state index in [1.54, 1.807) is 48.2 Å². The number of ether oxygens (including phenoxy) is 1. The Bertz CT molecular complexity index is 1190. The van der Waals surface area contributed by atoms with Gasteiger partial charge in [-0.2, -0.15) is 0 Å². The molecule has 3 N–H and O–H groups in total. The first-order valence-electron chi connectivity index (χ1n) is 9.53. The lowest BCUT2D eigenvalue weighted by atomic mass is 10.1. The molecule has 0 saturated carbocycles. The van der Waals surface area contributed by atoms with Gasteiger partial charge in [0, 0.05) is 16.9 Å². The van der Waals surface area contributed by atoms with Crippen molar-refractivity contribution in [1.82, 2.24) is 20.8 Å². The number of hydrazine groups is 1. The highest BCUT2D eigenvalue weighted by atomic mass is 32.2. The van der Waals surface area contributed by atoms with Crippen LogP contribution in [-0.4, -0.2) is 28.9 Å². The summed E-state index contributed by atoms with van der Waals surface area (Å²) in [7, 11) is 1.53. The maximum absolute atomic E-state index is 12.3. The molecule has 0 fully saturated rings. The Balaban J connectivity index is 1.30. The van der Waals surface area contributed by atoms with Crippen LogP contribution in [0.3, 0.4) is 0 Å². The summed E-state index contributed by atoms with van der Waals surface area (Å²) in [5.74, 6) is 0.461. The molecule has 4 rings (SSSR count). The van der Waals surface area contributed by atoms with E-state index in [-0.39, 0.29) is 0 Å². The fourth-order valence-electron chi connectivity index (χ4n) is 2.92. The molecular formula is C23H20N4O3S. The molecule has 7 nitrogen and oxygen atoms in total. The number of nitrogens with zero attached hydrogens (tertiary/aromatic N) is 1. The number of amides is 2. The number of methoxy groups -OCH3 is 1. The van der Waals surface area contributed by atoms with Crippen LogP contribution < -0.4 is 15.6 Å². The number of aromatic amines is 1. The van der Waals surface area contributed by atoms with Crippen LogP contribution in [0.1, 0.15) is 26.3 Å². The Hall–Kier alpha value is -3.78. The first kappa shape index (κ1) is 20.5. The van der Waals surface area contributed by atoms with Gasteiger partial charge < -0.3 is 9.72 Å². The number of H-pyrrole nitrogens is 1. The van der Waals surface area contributed by atoms with Gasteiger partial charge >= 0.3 is 0 Å². The summed E-state index contributed by atoms with van der Waals surface area (Å²) in [5, 5.41) is 0.850. The number of para-hydroxylation sites is 2. The molecule has 4 aromatic rings. The Labute approximate surface area is 183 Å². The highest BCUT2D eigenvalue weighted by Crippen LogP contribution is 2.23. The van der Waals surface area contributed by atoms with Crippen molar-refractivity contribution in [3.05, 3.63) is 89.5 Å². The zero-order valence-electron chi connectivity index (χ0n) is 16.7. The number of hydrogen-bond acceptors (Lipinski definition) is 5. The number of carbonyl (C=O) groups excluding carboxylic acids is 2. The molecule has 31 heavy (non-hydrogen) atoms. The monoisotopic (exact) mass is 432 g/mol. The quantitative estimate of drug-likeness (QED) is 0.317. The van der Waals surface area contributed by atoms with Crippen LogP contribution in [0.2, 0.25) is 0 Å². The zero-order valence-corrected chi connectivity index (χ0v) is 17.5. The van der Waals surface area contributed by atoms with Crippen LogP contribution in [0.15, 0.2) is 78.0 Å². The van der Waals surface area contributed by atoms with Crippen LogP contribution in [0, 0.1) is 0 Å². The molecule has 0 radical (unpaired) electrons. The molecular weight excluding hydrogens is 412 g/mol. The Kier molecular flexibility index (Phi) is 6.18. The van der Waals surface area contributed by atoms with Crippen molar-refractivity contribution in [3.63, 3.8) is 0 Å². The predicted octanol–water partition coefficient (Wildman–Crippen LogP) is 3.94. The normalized spacial score (nSPS) is 10.6. The van der Waals surface area contributed by atoms with E-state index < -0.39 is 11.8 Å². The second kappa shape index (κ2) is 9.36. The molecule has 0 saturated heterocycles. The second-order valence-electron chi connectivity index (χ2n) is 6.68. The molecule has 0 unspecified atom stereocenters. The third-order valence-electron chi connectivity index (χ3n) is 4.58. The van der Waals surface area contributed by atoms with Crippen molar-refractivity contribution in [3.8, 4) is 5.75 Å². The summed E-state index contributed by atoms with van der Waals surface area (Å²) in [6.07, 6.45) is 0. The third-order valence-corrected chi connectivity index (χ3v) is 5.53. The number of fused-ring (bicyclic) bond motifs is 1. The number of carbonyl (C=O) groups is 2. The number of nitrogens with one attached hydrogen (secondary N) is 3. The van der Waals surface area contributed by atoms with E-state index in [0.717, 1.165) is 21.8 Å². The molecule has 8 heteroatoms. The Morgan fingerprint density at radius 2 is 1.68 bits per heavy atom. The number of hydrogen-bond donors (Lipinski definition) is 3. The summed E-state index contributed by atoms with van der Waals surface area (Å²) in [6, 6.07) is 21.8. The SMILES string of the molecule is COc1cccc(C(=O)NNC(=O)c2ccc(CSc3nc4ccccc4[nH]3)cc2)c1. The fraction of sp³-hybridized carbons (Fsp3) is 0.0870. The third kappa shape index (κ3) is 5.04. The average Bonchev–Trinajstić information content (AvgIpc) is 3.24. The van der Waals surface area contributed by atoms with Crippen molar-refractivity contribution in [2.45, 2.75) is 10.9 Å². The molecule has 0 bridgehead atoms. The van der Waals surface area contributed by atoms with Gasteiger partial charge in [0.05, 0.1) is 18.1 Å². The van der Waals surface area contributed by atoms with Gasteiger partial charge in [0.15, 0.2) is 5.16 Å². The molecule has 0 aliphatic heterocycles. The zero-order chi connectivity index (χ0) is 21.6. The summed E-state index contributed by atoms with van der Waals surface area (Å²) < 4.78 is 5.10. The second-order valence-corrected chi connectivity index (χ2v) is 7.65. The van der Waals surface area contributed by atoms with E-state index in [9.17, 15) is 9.59 Å². The lowest BCUT2D eigenvalue weighted by Gasteiger charge is -2.09. The lowest BCUT2D eigenvalue weighted by Crippen LogP contribution is -2.41. The highest BCUT2D eigenvalue weighted by molar-refractivity contribution is 7.98. The van der Waals surface area contributed by atoms with Gasteiger partial charge in [0.25, 0.3) is 11.8 Å². The van der Waals surface area contributed by atoms with Crippen LogP contribution in [0.4, 0.5) is 0 Å². The van der Waals surface area contributed by atoms with Gasteiger partial charge in [-0.15, -0.1) is 0 Å². The fourth-order valence-corrected chi connectivity index (χ4v) is 3.76. The number of rotatable bonds is 6. The summed E-state index contributed by atoms with van der Waals surface area (Å²) in [5.41, 5.74) is 8.68. The van der Waals surface area contributed by atoms with Gasteiger partial charge in [0.1, 0.15) is 5.75 Å². The van der Waals surface area contributed by atoms with E-state index in [4.69, 9.17) is 4.74 Å². The molecule has 0 aliphatic carbocycles. The summed E-state index contributed by atoms with van der Waals surface area (Å²) in [4.78, 5) is 32.3. The number of thioether (sulfide) groups is 1. The highest BCUT2D eigenvalue weighted by Gasteiger charge is 2.10. The van der Waals surface area contributed by atoms with Gasteiger partial charge in [-0.25, -0.2) is 4.98 Å². The minimum Gasteiger partial charge on any atom is -0.497 e. The molecule has 0 atom stereocenters. The molecule has 0 aliphatic rings. The largest absolute Gasteiger partial charge is 0.497 e. The van der Waals surface area contributed by atoms with Crippen molar-refractivity contribution < 1.29 is 14.3 Å². The van der Waals surface area contributed by atoms with Gasteiger partial charge in [-0.1, -0.05) is 42.1 Å². The van der Waals surface area contributed by atoms with Gasteiger partial charge in [-0.05, 0) is 48.0 Å². The molecule has 3 aromatic carbocycles. The minimum atomic E-state index is -0.425. The average molecular weight is 433 g/mol. The van der Waals surface area contributed by atoms with Crippen molar-refractivity contribution in [2.24, 2.45) is 0 Å². The first-order chi connectivity index (χ1) is 15.1. The molecule has 2 amide bonds. The van der Waals surface area contributed by atoms with Gasteiger partial charge in [0.2, 0.25) is 0 Å². The lowest BCUT2D eigenvalue weighted by molar-refractivity contribution is 0.0846. The Morgan fingerprint density at radius 1 is 0.935 bits per heavy atom. The minimum absolute atomic E-state index is 0.387. The first-order valence-corrected chi connectivity index (χ1v) is 10.5. The summed E-state index contributed by atoms with van der Waals surface area (Å²) >= 11 is 1.59. The van der Waals surface area contributed by atoms with E-state index in [1.807, 2.05) is 36.4 Å². The summed E-state index contributed by atoms with van der Waals surface area (Å²) in [6.45, 7) is 0. The van der Waals surface area contributed by atoms with E-state index in [0.29, 0.717) is 22.6 Å². The maximum atomic E-state index is 12.3. The topological polar surface area (TPSA) is 96.1 Å². The van der Waals surface area contributed by atoms with Crippen molar-refractivity contribution in [1.29, 1.82) is 0 Å². The number of imidazole rings is 1. The molecule has 1 aromatic heterocycles. The smallest absolute Gasteiger partial charge is 0.269 e. The molecule has 0 spiro atoms. The van der Waals surface area contributed by atoms with E-state index in [1.165, 1.54) is 7.11 Å². The Morgan fingerprint density at radius 3 is 2.42 bits per heavy atom. The predicted molar refractivity (Wildman–Crippen MR) is 120 cm³/mol. The van der Waals surface area contributed by atoms with Crippen molar-refractivity contribution in [2.75, 3.05) is 7.11 Å². The van der Waals surface area contributed by atoms with Gasteiger partial charge in [-0.3, -0.25) is 20.4 Å². The van der Waals surface area contributed by atoms with Crippen molar-refractivity contribution >= 4 is 34.6 Å². The standard InChI is InChI=1S/C23H20N4O3S/c1-30-18-6-4-5-17(13-18)22(29)27-26-21(28)16-11-9-15(10-12-16)14-31-23-24-19-7-2-3-8-20(19)25-23/h2-13H,14H2,1H3,(H,24,25)(H,26,28)(H,27,29). The van der Waals surface area contributed by atoms with Crippen LogP contribution >= 0.6 is 11.8 Å². The van der Waals surface area contributed by atoms with Crippen LogP contribution in [0.5, 0.6) is 5.75 Å².